The molecule has 1 aliphatic carbocycles. The Morgan fingerprint density at radius 2 is 1.79 bits per heavy atom. The third-order valence-corrected chi connectivity index (χ3v) is 6.31. The fourth-order valence-corrected chi connectivity index (χ4v) is 4.70. The number of methoxy groups -OCH3 is 1. The highest BCUT2D eigenvalue weighted by molar-refractivity contribution is 5.83. The topological polar surface area (TPSA) is 44.8 Å². The van der Waals surface area contributed by atoms with Crippen LogP contribution in [-0.4, -0.2) is 44.7 Å². The highest BCUT2D eigenvalue weighted by Gasteiger charge is 2.42. The maximum atomic E-state index is 13.1. The Kier molecular flexibility index (Phi) is 4.38. The molecular formula is C23H27N3O2. The molecule has 1 N–H and O–H groups in total. The van der Waals surface area contributed by atoms with Crippen LogP contribution in [0.5, 0.6) is 5.75 Å². The van der Waals surface area contributed by atoms with Crippen LogP contribution < -0.4 is 19.9 Å². The molecule has 5 nitrogen and oxygen atoms in total. The normalized spacial score (nSPS) is 23.6. The van der Waals surface area contributed by atoms with E-state index in [1.165, 1.54) is 11.3 Å². The fraction of sp³-hybridized carbons (Fsp3) is 0.435. The van der Waals surface area contributed by atoms with Gasteiger partial charge in [0.2, 0.25) is 5.91 Å². The number of fused-ring (bicyclic) bond motifs is 3. The van der Waals surface area contributed by atoms with Gasteiger partial charge in [0.15, 0.2) is 0 Å². The lowest BCUT2D eigenvalue weighted by atomic mass is 9.83. The molecule has 2 aromatic rings. The molecule has 0 spiro atoms. The Morgan fingerprint density at radius 1 is 1.04 bits per heavy atom. The maximum absolute atomic E-state index is 13.1. The third-order valence-electron chi connectivity index (χ3n) is 6.31. The Balaban J connectivity index is 1.46. The first-order valence-electron chi connectivity index (χ1n) is 10.3. The molecule has 2 fully saturated rings. The minimum Gasteiger partial charge on any atom is -0.495 e. The summed E-state index contributed by atoms with van der Waals surface area (Å²) in [4.78, 5) is 17.9. The Hall–Kier alpha value is -2.69. The maximum Gasteiger partial charge on any atom is 0.225 e. The van der Waals surface area contributed by atoms with Crippen LogP contribution in [0.25, 0.3) is 0 Å². The van der Waals surface area contributed by atoms with Crippen molar-refractivity contribution in [3.05, 3.63) is 54.1 Å². The van der Waals surface area contributed by atoms with Crippen LogP contribution in [0.3, 0.4) is 0 Å². The van der Waals surface area contributed by atoms with E-state index in [2.05, 4.69) is 51.5 Å². The minimum atomic E-state index is -0.0204. The first-order valence-corrected chi connectivity index (χ1v) is 10.3. The molecule has 2 aliphatic heterocycles. The molecule has 1 saturated heterocycles. The summed E-state index contributed by atoms with van der Waals surface area (Å²) in [5.41, 5.74) is 3.70. The number of amides is 1. The number of para-hydroxylation sites is 3. The van der Waals surface area contributed by atoms with Crippen LogP contribution in [0.2, 0.25) is 0 Å². The lowest BCUT2D eigenvalue weighted by molar-refractivity contribution is -0.126. The van der Waals surface area contributed by atoms with Crippen LogP contribution in [0, 0.1) is 5.92 Å². The number of carbonyl (C=O) groups is 1. The van der Waals surface area contributed by atoms with E-state index >= 15 is 0 Å². The van der Waals surface area contributed by atoms with Gasteiger partial charge in [-0.3, -0.25) is 4.79 Å². The molecule has 5 rings (SSSR count). The predicted molar refractivity (Wildman–Crippen MR) is 111 cm³/mol. The van der Waals surface area contributed by atoms with E-state index in [9.17, 15) is 4.79 Å². The van der Waals surface area contributed by atoms with E-state index in [0.717, 1.165) is 50.3 Å². The lowest BCUT2D eigenvalue weighted by Gasteiger charge is -2.49. The summed E-state index contributed by atoms with van der Waals surface area (Å²) >= 11 is 0. The van der Waals surface area contributed by atoms with Gasteiger partial charge in [-0.15, -0.1) is 0 Å². The van der Waals surface area contributed by atoms with Crippen molar-refractivity contribution in [1.29, 1.82) is 0 Å². The summed E-state index contributed by atoms with van der Waals surface area (Å²) in [5, 5.41) is 3.26. The zero-order valence-corrected chi connectivity index (χ0v) is 16.3. The van der Waals surface area contributed by atoms with E-state index in [4.69, 9.17) is 4.74 Å². The number of carbonyl (C=O) groups excluding carboxylic acids is 1. The van der Waals surface area contributed by atoms with Crippen LogP contribution in [0.1, 0.15) is 18.4 Å². The second-order valence-electron chi connectivity index (χ2n) is 8.10. The molecule has 28 heavy (non-hydrogen) atoms. The molecular weight excluding hydrogens is 350 g/mol. The van der Waals surface area contributed by atoms with E-state index in [0.29, 0.717) is 6.04 Å². The highest BCUT2D eigenvalue weighted by Crippen LogP contribution is 2.38. The van der Waals surface area contributed by atoms with Crippen molar-refractivity contribution in [1.82, 2.24) is 5.32 Å². The van der Waals surface area contributed by atoms with Crippen LogP contribution in [-0.2, 0) is 11.2 Å². The number of nitrogens with zero attached hydrogens (tertiary/aromatic N) is 2. The first kappa shape index (κ1) is 17.4. The average Bonchev–Trinajstić information content (AvgIpc) is 3.56. The number of hydrogen-bond acceptors (Lipinski definition) is 4. The number of nitrogens with one attached hydrogen (secondary N) is 1. The zero-order valence-electron chi connectivity index (χ0n) is 16.3. The fourth-order valence-electron chi connectivity index (χ4n) is 4.70. The quantitative estimate of drug-likeness (QED) is 0.890. The van der Waals surface area contributed by atoms with Gasteiger partial charge in [0.1, 0.15) is 5.75 Å². The molecule has 1 saturated carbocycles. The molecule has 0 radical (unpaired) electrons. The number of hydrogen-bond donors (Lipinski definition) is 1. The van der Waals surface area contributed by atoms with Gasteiger partial charge < -0.3 is 19.9 Å². The molecule has 146 valence electrons. The highest BCUT2D eigenvalue weighted by atomic mass is 16.5. The number of anilines is 2. The number of ether oxygens (including phenoxy) is 1. The van der Waals surface area contributed by atoms with Gasteiger partial charge in [-0.2, -0.15) is 0 Å². The smallest absolute Gasteiger partial charge is 0.225 e. The predicted octanol–water partition coefficient (Wildman–Crippen LogP) is 2.84. The van der Waals surface area contributed by atoms with Crippen molar-refractivity contribution in [3.63, 3.8) is 0 Å². The van der Waals surface area contributed by atoms with Crippen molar-refractivity contribution in [2.45, 2.75) is 31.3 Å². The molecule has 0 aromatic heterocycles. The van der Waals surface area contributed by atoms with Gasteiger partial charge in [-0.05, 0) is 43.0 Å². The van der Waals surface area contributed by atoms with Crippen molar-refractivity contribution in [2.75, 3.05) is 36.5 Å². The summed E-state index contributed by atoms with van der Waals surface area (Å²) in [6.45, 7) is 2.66. The van der Waals surface area contributed by atoms with E-state index in [-0.39, 0.29) is 17.9 Å². The second kappa shape index (κ2) is 7.04. The second-order valence-corrected chi connectivity index (χ2v) is 8.10. The van der Waals surface area contributed by atoms with Crippen LogP contribution in [0.4, 0.5) is 11.4 Å². The Morgan fingerprint density at radius 3 is 2.57 bits per heavy atom. The third kappa shape index (κ3) is 3.09. The van der Waals surface area contributed by atoms with E-state index in [1.807, 2.05) is 12.1 Å². The molecule has 0 unspecified atom stereocenters. The van der Waals surface area contributed by atoms with Crippen LogP contribution in [0.15, 0.2) is 48.5 Å². The molecule has 0 bridgehead atoms. The SMILES string of the molecule is COc1ccccc1N1CCN2c3ccccc3C[C@H](C(=O)NC3CC3)[C@@H]2C1. The first-order chi connectivity index (χ1) is 13.7. The van der Waals surface area contributed by atoms with Crippen LogP contribution >= 0.6 is 0 Å². The lowest BCUT2D eigenvalue weighted by Crippen LogP contribution is -2.61. The molecule has 2 aromatic carbocycles. The van der Waals surface area contributed by atoms with Gasteiger partial charge in [0.05, 0.1) is 24.8 Å². The Labute approximate surface area is 166 Å². The summed E-state index contributed by atoms with van der Waals surface area (Å²) in [7, 11) is 1.72. The van der Waals surface area contributed by atoms with Gasteiger partial charge in [-0.1, -0.05) is 30.3 Å². The van der Waals surface area contributed by atoms with E-state index in [1.54, 1.807) is 7.11 Å². The number of benzene rings is 2. The van der Waals surface area contributed by atoms with Crippen molar-refractivity contribution in [2.24, 2.45) is 5.92 Å². The summed E-state index contributed by atoms with van der Waals surface area (Å²) in [5.74, 6) is 1.09. The van der Waals surface area contributed by atoms with Crippen molar-refractivity contribution < 1.29 is 9.53 Å². The van der Waals surface area contributed by atoms with E-state index < -0.39 is 0 Å². The zero-order chi connectivity index (χ0) is 19.1. The number of rotatable bonds is 4. The summed E-state index contributed by atoms with van der Waals surface area (Å²) in [6, 6.07) is 17.3. The van der Waals surface area contributed by atoms with Gasteiger partial charge >= 0.3 is 0 Å². The summed E-state index contributed by atoms with van der Waals surface area (Å²) < 4.78 is 5.59. The minimum absolute atomic E-state index is 0.0204. The Bertz CT molecular complexity index is 880. The molecule has 2 heterocycles. The van der Waals surface area contributed by atoms with Gasteiger partial charge in [0, 0.05) is 31.4 Å². The van der Waals surface area contributed by atoms with Gasteiger partial charge in [0.25, 0.3) is 0 Å². The number of piperazine rings is 1. The van der Waals surface area contributed by atoms with Gasteiger partial charge in [-0.25, -0.2) is 0 Å². The largest absolute Gasteiger partial charge is 0.495 e. The molecule has 2 atom stereocenters. The standard InChI is InChI=1S/C23H27N3O2/c1-28-22-9-5-4-8-20(22)25-12-13-26-19-7-3-2-6-16(19)14-18(21(26)15-25)23(27)24-17-10-11-17/h2-9,17-18,21H,10-15H2,1H3,(H,24,27)/t18-,21-/m0/s1. The van der Waals surface area contributed by atoms with Crippen molar-refractivity contribution in [3.8, 4) is 5.75 Å². The molecule has 5 heteroatoms. The summed E-state index contributed by atoms with van der Waals surface area (Å²) in [6.07, 6.45) is 3.06. The molecule has 3 aliphatic rings. The monoisotopic (exact) mass is 377 g/mol. The molecule has 1 amide bonds. The average molecular weight is 377 g/mol. The van der Waals surface area contributed by atoms with Crippen molar-refractivity contribution >= 4 is 17.3 Å².